The molecule has 3 amide bonds. The highest BCUT2D eigenvalue weighted by atomic mass is 19.1. The highest BCUT2D eigenvalue weighted by Crippen LogP contribution is 2.16. The summed E-state index contributed by atoms with van der Waals surface area (Å²) >= 11 is 0. The monoisotopic (exact) mass is 393 g/mol. The Morgan fingerprint density at radius 3 is 2.43 bits per heavy atom. The Kier molecular flexibility index (Phi) is 7.37. The maximum Gasteiger partial charge on any atom is 0.407 e. The van der Waals surface area contributed by atoms with E-state index in [4.69, 9.17) is 4.74 Å². The molecule has 0 aliphatic carbocycles. The Morgan fingerprint density at radius 2 is 1.82 bits per heavy atom. The molecule has 0 saturated carbocycles. The standard InChI is InChI=1S/C20H28FN3O4/c1-20(2,3)28-19(27)22-11-8-17(25)23-14-9-12-24(13-10-14)18(26)15-6-4-5-7-16(15)21/h4-7,14H,8-13H2,1-3H3,(H,22,27)(H,23,25). The van der Waals surface area contributed by atoms with Crippen molar-refractivity contribution in [3.05, 3.63) is 35.6 Å². The second-order valence-corrected chi connectivity index (χ2v) is 7.79. The van der Waals surface area contributed by atoms with Gasteiger partial charge < -0.3 is 20.3 Å². The first kappa shape index (κ1) is 21.7. The molecule has 0 spiro atoms. The van der Waals surface area contributed by atoms with Gasteiger partial charge in [-0.1, -0.05) is 12.1 Å². The maximum atomic E-state index is 13.8. The van der Waals surface area contributed by atoms with Gasteiger partial charge in [0.15, 0.2) is 0 Å². The van der Waals surface area contributed by atoms with Crippen LogP contribution in [0.1, 0.15) is 50.4 Å². The van der Waals surface area contributed by atoms with Crippen LogP contribution in [-0.4, -0.2) is 54.1 Å². The van der Waals surface area contributed by atoms with E-state index in [0.29, 0.717) is 25.9 Å². The van der Waals surface area contributed by atoms with Crippen LogP contribution >= 0.6 is 0 Å². The van der Waals surface area contributed by atoms with Crippen LogP contribution in [0, 0.1) is 5.82 Å². The molecule has 1 fully saturated rings. The number of halogens is 1. The molecule has 8 heteroatoms. The molecular weight excluding hydrogens is 365 g/mol. The fourth-order valence-electron chi connectivity index (χ4n) is 2.92. The molecule has 0 bridgehead atoms. The molecule has 1 saturated heterocycles. The summed E-state index contributed by atoms with van der Waals surface area (Å²) in [6.45, 7) is 6.39. The zero-order chi connectivity index (χ0) is 20.7. The molecule has 1 aromatic rings. The van der Waals surface area contributed by atoms with E-state index < -0.39 is 17.5 Å². The highest BCUT2D eigenvalue weighted by molar-refractivity contribution is 5.94. The summed E-state index contributed by atoms with van der Waals surface area (Å²) in [7, 11) is 0. The van der Waals surface area contributed by atoms with Gasteiger partial charge >= 0.3 is 6.09 Å². The van der Waals surface area contributed by atoms with Gasteiger partial charge in [-0.25, -0.2) is 9.18 Å². The highest BCUT2D eigenvalue weighted by Gasteiger charge is 2.26. The Balaban J connectivity index is 1.69. The first-order chi connectivity index (χ1) is 13.2. The lowest BCUT2D eigenvalue weighted by Gasteiger charge is -2.32. The average Bonchev–Trinajstić information content (AvgIpc) is 2.60. The van der Waals surface area contributed by atoms with Crippen molar-refractivity contribution in [2.24, 2.45) is 0 Å². The number of hydrogen-bond acceptors (Lipinski definition) is 4. The van der Waals surface area contributed by atoms with E-state index in [2.05, 4.69) is 10.6 Å². The zero-order valence-electron chi connectivity index (χ0n) is 16.6. The van der Waals surface area contributed by atoms with Crippen LogP contribution in [0.2, 0.25) is 0 Å². The number of piperidine rings is 1. The predicted octanol–water partition coefficient (Wildman–Crippen LogP) is 2.46. The number of rotatable bonds is 5. The molecule has 2 N–H and O–H groups in total. The summed E-state index contributed by atoms with van der Waals surface area (Å²) in [5, 5.41) is 5.45. The quantitative estimate of drug-likeness (QED) is 0.804. The largest absolute Gasteiger partial charge is 0.444 e. The van der Waals surface area contributed by atoms with E-state index in [1.807, 2.05) is 0 Å². The molecule has 1 aromatic carbocycles. The second-order valence-electron chi connectivity index (χ2n) is 7.79. The first-order valence-electron chi connectivity index (χ1n) is 9.46. The fraction of sp³-hybridized carbons (Fsp3) is 0.550. The summed E-state index contributed by atoms with van der Waals surface area (Å²) < 4.78 is 18.9. The lowest BCUT2D eigenvalue weighted by molar-refractivity contribution is -0.121. The third-order valence-corrected chi connectivity index (χ3v) is 4.27. The number of nitrogens with zero attached hydrogens (tertiary/aromatic N) is 1. The van der Waals surface area contributed by atoms with Gasteiger partial charge in [0.05, 0.1) is 5.56 Å². The number of nitrogens with one attached hydrogen (secondary N) is 2. The van der Waals surface area contributed by atoms with E-state index in [1.54, 1.807) is 37.8 Å². The molecule has 0 unspecified atom stereocenters. The average molecular weight is 393 g/mol. The molecule has 0 aromatic heterocycles. The first-order valence-corrected chi connectivity index (χ1v) is 9.46. The summed E-state index contributed by atoms with van der Waals surface area (Å²) in [6, 6.07) is 5.88. The third-order valence-electron chi connectivity index (χ3n) is 4.27. The van der Waals surface area contributed by atoms with Crippen molar-refractivity contribution in [1.29, 1.82) is 0 Å². The van der Waals surface area contributed by atoms with Crippen LogP contribution in [0.25, 0.3) is 0 Å². The predicted molar refractivity (Wildman–Crippen MR) is 102 cm³/mol. The van der Waals surface area contributed by atoms with Crippen molar-refractivity contribution in [3.63, 3.8) is 0 Å². The molecule has 1 aliphatic rings. The number of amides is 3. The molecule has 0 atom stereocenters. The molecule has 7 nitrogen and oxygen atoms in total. The number of benzene rings is 1. The Hall–Kier alpha value is -2.64. The normalized spacial score (nSPS) is 15.1. The van der Waals surface area contributed by atoms with E-state index in [1.165, 1.54) is 12.1 Å². The Bertz CT molecular complexity index is 710. The number of likely N-dealkylation sites (tertiary alicyclic amines) is 1. The third kappa shape index (κ3) is 6.83. The van der Waals surface area contributed by atoms with Crippen LogP contribution in [0.4, 0.5) is 9.18 Å². The molecular formula is C20H28FN3O4. The second kappa shape index (κ2) is 9.52. The van der Waals surface area contributed by atoms with Gasteiger partial charge in [-0.15, -0.1) is 0 Å². The van der Waals surface area contributed by atoms with Crippen LogP contribution in [0.3, 0.4) is 0 Å². The van der Waals surface area contributed by atoms with E-state index in [-0.39, 0.29) is 36.4 Å². The molecule has 2 rings (SSSR count). The smallest absolute Gasteiger partial charge is 0.407 e. The minimum absolute atomic E-state index is 0.0429. The van der Waals surface area contributed by atoms with Gasteiger partial charge in [-0.2, -0.15) is 0 Å². The summed E-state index contributed by atoms with van der Waals surface area (Å²) in [5.41, 5.74) is -0.515. The van der Waals surface area contributed by atoms with Crippen molar-refractivity contribution in [2.45, 2.75) is 51.7 Å². The van der Waals surface area contributed by atoms with E-state index in [0.717, 1.165) is 0 Å². The van der Waals surface area contributed by atoms with Crippen molar-refractivity contribution in [1.82, 2.24) is 15.5 Å². The minimum Gasteiger partial charge on any atom is -0.444 e. The topological polar surface area (TPSA) is 87.7 Å². The van der Waals surface area contributed by atoms with Crippen LogP contribution in [0.5, 0.6) is 0 Å². The SMILES string of the molecule is CC(C)(C)OC(=O)NCCC(=O)NC1CCN(C(=O)c2ccccc2F)CC1. The fourth-order valence-corrected chi connectivity index (χ4v) is 2.92. The van der Waals surface area contributed by atoms with Crippen molar-refractivity contribution in [3.8, 4) is 0 Å². The number of ether oxygens (including phenoxy) is 1. The summed E-state index contributed by atoms with van der Waals surface area (Å²) in [6.07, 6.45) is 0.796. The molecule has 154 valence electrons. The van der Waals surface area contributed by atoms with Gasteiger partial charge in [0, 0.05) is 32.1 Å². The Morgan fingerprint density at radius 1 is 1.18 bits per heavy atom. The van der Waals surface area contributed by atoms with Crippen molar-refractivity contribution in [2.75, 3.05) is 19.6 Å². The zero-order valence-corrected chi connectivity index (χ0v) is 16.6. The number of alkyl carbamates (subject to hydrolysis) is 1. The molecule has 0 radical (unpaired) electrons. The van der Waals surface area contributed by atoms with Gasteiger partial charge in [0.1, 0.15) is 11.4 Å². The van der Waals surface area contributed by atoms with Crippen LogP contribution in [-0.2, 0) is 9.53 Å². The molecule has 1 aliphatic heterocycles. The minimum atomic E-state index is -0.583. The lowest BCUT2D eigenvalue weighted by Crippen LogP contribution is -2.47. The summed E-state index contributed by atoms with van der Waals surface area (Å²) in [5.74, 6) is -1.03. The van der Waals surface area contributed by atoms with E-state index in [9.17, 15) is 18.8 Å². The Labute approximate surface area is 164 Å². The van der Waals surface area contributed by atoms with Gasteiger partial charge in [-0.05, 0) is 45.7 Å². The van der Waals surface area contributed by atoms with Crippen LogP contribution in [0.15, 0.2) is 24.3 Å². The summed E-state index contributed by atoms with van der Waals surface area (Å²) in [4.78, 5) is 37.6. The van der Waals surface area contributed by atoms with E-state index >= 15 is 0 Å². The number of carbonyl (C=O) groups is 3. The van der Waals surface area contributed by atoms with Gasteiger partial charge in [0.2, 0.25) is 5.91 Å². The van der Waals surface area contributed by atoms with Crippen LogP contribution < -0.4 is 10.6 Å². The van der Waals surface area contributed by atoms with Crippen molar-refractivity contribution < 1.29 is 23.5 Å². The van der Waals surface area contributed by atoms with Gasteiger partial charge in [0.25, 0.3) is 5.91 Å². The lowest BCUT2D eigenvalue weighted by atomic mass is 10.0. The van der Waals surface area contributed by atoms with Crippen molar-refractivity contribution >= 4 is 17.9 Å². The number of carbonyl (C=O) groups excluding carboxylic acids is 3. The maximum absolute atomic E-state index is 13.8. The molecule has 28 heavy (non-hydrogen) atoms. The van der Waals surface area contributed by atoms with Gasteiger partial charge in [-0.3, -0.25) is 9.59 Å². The molecule has 1 heterocycles. The number of hydrogen-bond donors (Lipinski definition) is 2.